The van der Waals surface area contributed by atoms with E-state index in [2.05, 4.69) is 93.7 Å². The topological polar surface area (TPSA) is 78.9 Å². The minimum Gasteiger partial charge on any atom is -0.462 e. The van der Waals surface area contributed by atoms with Crippen LogP contribution in [0.4, 0.5) is 0 Å². The summed E-state index contributed by atoms with van der Waals surface area (Å²) in [5.74, 6) is -1.06. The van der Waals surface area contributed by atoms with Crippen LogP contribution in [0, 0.1) is 0 Å². The maximum Gasteiger partial charge on any atom is 0.306 e. The maximum absolute atomic E-state index is 12.7. The Hall–Kier alpha value is -3.41. The van der Waals surface area contributed by atoms with E-state index in [1.165, 1.54) is 57.8 Å². The van der Waals surface area contributed by atoms with Crippen molar-refractivity contribution >= 4 is 17.9 Å². The lowest BCUT2D eigenvalue weighted by Crippen LogP contribution is -2.30. The van der Waals surface area contributed by atoms with Gasteiger partial charge in [-0.1, -0.05) is 157 Å². The minimum absolute atomic E-state index is 0.119. The van der Waals surface area contributed by atoms with Gasteiger partial charge in [0.1, 0.15) is 13.2 Å². The van der Waals surface area contributed by atoms with Gasteiger partial charge in [-0.2, -0.15) is 0 Å². The highest BCUT2D eigenvalue weighted by molar-refractivity contribution is 5.71. The number of allylic oxidation sites excluding steroid dienone is 14. The third-order valence-corrected chi connectivity index (χ3v) is 8.87. The highest BCUT2D eigenvalue weighted by atomic mass is 16.6. The Bertz CT molecular complexity index is 1110. The van der Waals surface area contributed by atoms with E-state index in [-0.39, 0.29) is 37.5 Å². The fourth-order valence-electron chi connectivity index (χ4n) is 5.55. The predicted molar refractivity (Wildman–Crippen MR) is 233 cm³/mol. The molecule has 0 rings (SSSR count). The first-order valence-electron chi connectivity index (χ1n) is 22.1. The van der Waals surface area contributed by atoms with Crippen LogP contribution in [0.2, 0.25) is 0 Å². The molecular formula is C49H80O6. The van der Waals surface area contributed by atoms with Gasteiger partial charge in [-0.05, 0) is 96.3 Å². The lowest BCUT2D eigenvalue weighted by Gasteiger charge is -2.18. The molecule has 0 aromatic heterocycles. The number of unbranched alkanes of at least 4 members (excludes halogenated alkanes) is 13. The van der Waals surface area contributed by atoms with Crippen LogP contribution in [0.5, 0.6) is 0 Å². The first-order chi connectivity index (χ1) is 27.0. The SMILES string of the molecule is CC/C=C\C/C=C\C/C=C\C/C=C\C/C=C\CCC(=O)OCC(COC(=O)CCC/C=C\CCCCCC)OC(=O)CCCCCCC/C=C\CCCCC. The lowest BCUT2D eigenvalue weighted by atomic mass is 10.1. The number of ether oxygens (including phenoxy) is 3. The van der Waals surface area contributed by atoms with E-state index in [9.17, 15) is 14.4 Å². The second-order valence-electron chi connectivity index (χ2n) is 14.2. The van der Waals surface area contributed by atoms with Crippen molar-refractivity contribution in [2.45, 2.75) is 194 Å². The van der Waals surface area contributed by atoms with E-state index in [1.807, 2.05) is 12.2 Å². The molecule has 0 N–H and O–H groups in total. The molecule has 0 amide bonds. The Labute approximate surface area is 337 Å². The van der Waals surface area contributed by atoms with Crippen molar-refractivity contribution in [2.24, 2.45) is 0 Å². The molecule has 0 spiro atoms. The summed E-state index contributed by atoms with van der Waals surface area (Å²) in [4.78, 5) is 37.6. The summed E-state index contributed by atoms with van der Waals surface area (Å²) >= 11 is 0. The van der Waals surface area contributed by atoms with E-state index in [4.69, 9.17) is 14.2 Å². The summed E-state index contributed by atoms with van der Waals surface area (Å²) in [5.41, 5.74) is 0. The zero-order valence-corrected chi connectivity index (χ0v) is 35.4. The van der Waals surface area contributed by atoms with Crippen molar-refractivity contribution in [3.05, 3.63) is 85.1 Å². The average molecular weight is 765 g/mol. The van der Waals surface area contributed by atoms with E-state index in [0.717, 1.165) is 77.0 Å². The average Bonchev–Trinajstić information content (AvgIpc) is 3.18. The summed E-state index contributed by atoms with van der Waals surface area (Å²) in [7, 11) is 0. The fraction of sp³-hybridized carbons (Fsp3) is 0.653. The molecule has 0 aliphatic carbocycles. The first kappa shape index (κ1) is 51.6. The summed E-state index contributed by atoms with van der Waals surface area (Å²) in [6.07, 6.45) is 54.4. The van der Waals surface area contributed by atoms with Gasteiger partial charge in [-0.15, -0.1) is 0 Å². The van der Waals surface area contributed by atoms with Gasteiger partial charge in [0.25, 0.3) is 0 Å². The second kappa shape index (κ2) is 43.3. The molecule has 1 atom stereocenters. The molecule has 1 unspecified atom stereocenters. The highest BCUT2D eigenvalue weighted by Crippen LogP contribution is 2.11. The number of hydrogen-bond donors (Lipinski definition) is 0. The summed E-state index contributed by atoms with van der Waals surface area (Å²) in [6.45, 7) is 6.33. The summed E-state index contributed by atoms with van der Waals surface area (Å²) < 4.78 is 16.5. The Kier molecular flexibility index (Phi) is 40.6. The van der Waals surface area contributed by atoms with Crippen molar-refractivity contribution in [3.8, 4) is 0 Å². The highest BCUT2D eigenvalue weighted by Gasteiger charge is 2.19. The van der Waals surface area contributed by atoms with E-state index in [1.54, 1.807) is 0 Å². The maximum atomic E-state index is 12.7. The zero-order chi connectivity index (χ0) is 40.1. The molecular weight excluding hydrogens is 685 g/mol. The molecule has 6 nitrogen and oxygen atoms in total. The molecule has 0 aliphatic rings. The van der Waals surface area contributed by atoms with Crippen LogP contribution < -0.4 is 0 Å². The monoisotopic (exact) mass is 765 g/mol. The fourth-order valence-corrected chi connectivity index (χ4v) is 5.55. The summed E-state index contributed by atoms with van der Waals surface area (Å²) in [5, 5.41) is 0. The first-order valence-corrected chi connectivity index (χ1v) is 22.1. The van der Waals surface area contributed by atoms with Crippen molar-refractivity contribution in [1.29, 1.82) is 0 Å². The van der Waals surface area contributed by atoms with Crippen molar-refractivity contribution in [1.82, 2.24) is 0 Å². The molecule has 0 aliphatic heterocycles. The standard InChI is InChI=1S/C49H80O6/c1-4-7-10-13-16-19-21-23-24-25-26-28-30-33-36-39-42-48(51)54-45-46(44-53-47(50)41-38-35-32-29-18-15-12-9-6-3)55-49(52)43-40-37-34-31-27-22-20-17-14-11-8-5-2/h7,10,16-17,19-20,23-24,26,28-29,32-33,36,46H,4-6,8-9,11-15,18,21-22,25,27,30-31,34-35,37-45H2,1-3H3/b10-7-,19-16-,20-17-,24-23-,28-26-,32-29-,36-33-. The van der Waals surface area contributed by atoms with Gasteiger partial charge in [-0.25, -0.2) is 0 Å². The number of rotatable bonds is 38. The number of carbonyl (C=O) groups is 3. The molecule has 6 heteroatoms. The molecule has 0 bridgehead atoms. The normalized spacial score (nSPS) is 12.9. The van der Waals surface area contributed by atoms with Crippen molar-refractivity contribution in [2.75, 3.05) is 13.2 Å². The van der Waals surface area contributed by atoms with Crippen LogP contribution in [-0.4, -0.2) is 37.2 Å². The molecule has 55 heavy (non-hydrogen) atoms. The smallest absolute Gasteiger partial charge is 0.306 e. The second-order valence-corrected chi connectivity index (χ2v) is 14.2. The van der Waals surface area contributed by atoms with Crippen LogP contribution >= 0.6 is 0 Å². The van der Waals surface area contributed by atoms with E-state index >= 15 is 0 Å². The van der Waals surface area contributed by atoms with Crippen LogP contribution in [0.3, 0.4) is 0 Å². The minimum atomic E-state index is -0.818. The van der Waals surface area contributed by atoms with Gasteiger partial charge in [0.2, 0.25) is 0 Å². The van der Waals surface area contributed by atoms with Crippen molar-refractivity contribution < 1.29 is 28.6 Å². The Morgan fingerprint density at radius 2 is 0.764 bits per heavy atom. The van der Waals surface area contributed by atoms with Gasteiger partial charge < -0.3 is 14.2 Å². The number of hydrogen-bond acceptors (Lipinski definition) is 6. The largest absolute Gasteiger partial charge is 0.462 e. The van der Waals surface area contributed by atoms with Gasteiger partial charge in [0.05, 0.1) is 0 Å². The van der Waals surface area contributed by atoms with Gasteiger partial charge in [0.15, 0.2) is 6.10 Å². The van der Waals surface area contributed by atoms with E-state index in [0.29, 0.717) is 25.7 Å². The Balaban J connectivity index is 4.53. The van der Waals surface area contributed by atoms with Crippen LogP contribution in [0.15, 0.2) is 85.1 Å². The molecule has 0 radical (unpaired) electrons. The van der Waals surface area contributed by atoms with E-state index < -0.39 is 6.10 Å². The summed E-state index contributed by atoms with van der Waals surface area (Å²) in [6, 6.07) is 0. The van der Waals surface area contributed by atoms with Crippen LogP contribution in [-0.2, 0) is 28.6 Å². The molecule has 0 aromatic carbocycles. The number of esters is 3. The molecule has 0 aromatic rings. The third kappa shape index (κ3) is 41.6. The van der Waals surface area contributed by atoms with Crippen molar-refractivity contribution in [3.63, 3.8) is 0 Å². The predicted octanol–water partition coefficient (Wildman–Crippen LogP) is 14.1. The molecule has 312 valence electrons. The Morgan fingerprint density at radius 1 is 0.382 bits per heavy atom. The quantitative estimate of drug-likeness (QED) is 0.0270. The molecule has 0 saturated heterocycles. The molecule has 0 heterocycles. The Morgan fingerprint density at radius 3 is 1.31 bits per heavy atom. The van der Waals surface area contributed by atoms with Crippen LogP contribution in [0.25, 0.3) is 0 Å². The van der Waals surface area contributed by atoms with Crippen LogP contribution in [0.1, 0.15) is 188 Å². The lowest BCUT2D eigenvalue weighted by molar-refractivity contribution is -0.166. The zero-order valence-electron chi connectivity index (χ0n) is 35.4. The number of carbonyl (C=O) groups excluding carboxylic acids is 3. The molecule has 0 fully saturated rings. The van der Waals surface area contributed by atoms with Gasteiger partial charge in [0, 0.05) is 19.3 Å². The van der Waals surface area contributed by atoms with Gasteiger partial charge in [-0.3, -0.25) is 14.4 Å². The molecule has 0 saturated carbocycles. The third-order valence-electron chi connectivity index (χ3n) is 8.87. The van der Waals surface area contributed by atoms with Gasteiger partial charge >= 0.3 is 17.9 Å².